The smallest absolute Gasteiger partial charge is 0.416 e. The number of hydrogen-bond acceptors (Lipinski definition) is 3. The van der Waals surface area contributed by atoms with Gasteiger partial charge in [-0.2, -0.15) is 13.2 Å². The van der Waals surface area contributed by atoms with Gasteiger partial charge in [-0.05, 0) is 41.1 Å². The van der Waals surface area contributed by atoms with E-state index in [1.165, 1.54) is 12.3 Å². The first kappa shape index (κ1) is 14.8. The highest BCUT2D eigenvalue weighted by atomic mass is 79.9. The number of fused-ring (bicyclic) bond motifs is 1. The number of aromatic nitrogens is 1. The number of rotatable bonds is 2. The van der Waals surface area contributed by atoms with Crippen LogP contribution in [0.3, 0.4) is 0 Å². The van der Waals surface area contributed by atoms with E-state index in [0.717, 1.165) is 12.1 Å². The summed E-state index contributed by atoms with van der Waals surface area (Å²) in [6, 6.07) is 3.17. The Balaban J connectivity index is 2.61. The van der Waals surface area contributed by atoms with E-state index in [-0.39, 0.29) is 22.0 Å². The van der Waals surface area contributed by atoms with E-state index in [1.54, 1.807) is 6.92 Å². The van der Waals surface area contributed by atoms with Gasteiger partial charge >= 0.3 is 12.1 Å². The first-order chi connectivity index (χ1) is 9.34. The van der Waals surface area contributed by atoms with Gasteiger partial charge in [-0.1, -0.05) is 0 Å². The lowest BCUT2D eigenvalue weighted by Gasteiger charge is -2.10. The summed E-state index contributed by atoms with van der Waals surface area (Å²) in [4.78, 5) is 15.6. The summed E-state index contributed by atoms with van der Waals surface area (Å²) in [6.07, 6.45) is -3.18. The molecule has 7 heteroatoms. The molecule has 0 fully saturated rings. The van der Waals surface area contributed by atoms with E-state index in [0.29, 0.717) is 5.52 Å². The van der Waals surface area contributed by atoms with Crippen LogP contribution in [-0.4, -0.2) is 17.6 Å². The van der Waals surface area contributed by atoms with E-state index < -0.39 is 17.7 Å². The first-order valence-corrected chi connectivity index (χ1v) is 6.46. The Hall–Kier alpha value is -1.63. The Bertz CT molecular complexity index is 670. The number of halogens is 4. The summed E-state index contributed by atoms with van der Waals surface area (Å²) >= 11 is 3.15. The highest BCUT2D eigenvalue weighted by Crippen LogP contribution is 2.34. The van der Waals surface area contributed by atoms with Crippen LogP contribution in [0.1, 0.15) is 22.8 Å². The largest absolute Gasteiger partial charge is 0.462 e. The number of pyridine rings is 1. The number of hydrogen-bond donors (Lipinski definition) is 0. The van der Waals surface area contributed by atoms with Crippen LogP contribution in [0.2, 0.25) is 0 Å². The van der Waals surface area contributed by atoms with E-state index in [9.17, 15) is 18.0 Å². The minimum Gasteiger partial charge on any atom is -0.462 e. The highest BCUT2D eigenvalue weighted by molar-refractivity contribution is 9.10. The van der Waals surface area contributed by atoms with Crippen LogP contribution in [0.5, 0.6) is 0 Å². The SMILES string of the molecule is CCOC(=O)c1cnc2ccc(C(F)(F)F)cc2c1Br. The molecule has 0 atom stereocenters. The minimum atomic E-state index is -4.45. The van der Waals surface area contributed by atoms with Crippen molar-refractivity contribution in [3.8, 4) is 0 Å². The van der Waals surface area contributed by atoms with Gasteiger partial charge in [0.1, 0.15) is 0 Å². The van der Waals surface area contributed by atoms with Crippen molar-refractivity contribution in [3.63, 3.8) is 0 Å². The Morgan fingerprint density at radius 2 is 2.10 bits per heavy atom. The summed E-state index contributed by atoms with van der Waals surface area (Å²) in [6.45, 7) is 1.81. The maximum atomic E-state index is 12.7. The Kier molecular flexibility index (Phi) is 3.99. The fraction of sp³-hybridized carbons (Fsp3) is 0.231. The molecule has 0 aliphatic heterocycles. The summed E-state index contributed by atoms with van der Waals surface area (Å²) < 4.78 is 43.2. The van der Waals surface area contributed by atoms with E-state index >= 15 is 0 Å². The molecular formula is C13H9BrF3NO2. The quantitative estimate of drug-likeness (QED) is 0.764. The van der Waals surface area contributed by atoms with Gasteiger partial charge in [0.25, 0.3) is 0 Å². The molecule has 106 valence electrons. The Morgan fingerprint density at radius 1 is 1.40 bits per heavy atom. The van der Waals surface area contributed by atoms with Crippen molar-refractivity contribution < 1.29 is 22.7 Å². The van der Waals surface area contributed by atoms with Crippen LogP contribution in [-0.2, 0) is 10.9 Å². The minimum absolute atomic E-state index is 0.0960. The fourth-order valence-corrected chi connectivity index (χ4v) is 2.27. The second kappa shape index (κ2) is 5.40. The molecule has 3 nitrogen and oxygen atoms in total. The molecule has 1 heterocycles. The number of carbonyl (C=O) groups is 1. The maximum absolute atomic E-state index is 12.7. The van der Waals surface area contributed by atoms with Crippen molar-refractivity contribution in [3.05, 3.63) is 40.0 Å². The summed E-state index contributed by atoms with van der Waals surface area (Å²) in [5, 5.41) is 0.213. The summed E-state index contributed by atoms with van der Waals surface area (Å²) in [5.74, 6) is -0.633. The lowest BCUT2D eigenvalue weighted by atomic mass is 10.1. The predicted octanol–water partition coefficient (Wildman–Crippen LogP) is 4.19. The van der Waals surface area contributed by atoms with Gasteiger partial charge in [0.2, 0.25) is 0 Å². The van der Waals surface area contributed by atoms with E-state index in [1.807, 2.05) is 0 Å². The zero-order chi connectivity index (χ0) is 14.9. The van der Waals surface area contributed by atoms with Crippen LogP contribution in [0.15, 0.2) is 28.9 Å². The van der Waals surface area contributed by atoms with Crippen LogP contribution < -0.4 is 0 Å². The molecule has 1 aromatic carbocycles. The normalized spacial score (nSPS) is 11.7. The molecule has 0 saturated carbocycles. The van der Waals surface area contributed by atoms with E-state index in [4.69, 9.17) is 4.74 Å². The molecular weight excluding hydrogens is 339 g/mol. The number of carbonyl (C=O) groups excluding carboxylic acids is 1. The standard InChI is InChI=1S/C13H9BrF3NO2/c1-2-20-12(19)9-6-18-10-4-3-7(13(15,16)17)5-8(10)11(9)14/h3-6H,2H2,1H3. The monoisotopic (exact) mass is 347 g/mol. The fourth-order valence-electron chi connectivity index (χ4n) is 1.69. The molecule has 0 aliphatic carbocycles. The molecule has 0 aliphatic rings. The third-order valence-corrected chi connectivity index (χ3v) is 3.48. The molecule has 0 radical (unpaired) electrons. The van der Waals surface area contributed by atoms with Crippen LogP contribution >= 0.6 is 15.9 Å². The topological polar surface area (TPSA) is 39.2 Å². The highest BCUT2D eigenvalue weighted by Gasteiger charge is 2.31. The van der Waals surface area contributed by atoms with Gasteiger partial charge < -0.3 is 4.74 Å². The van der Waals surface area contributed by atoms with Gasteiger partial charge in [-0.3, -0.25) is 4.98 Å². The molecule has 0 spiro atoms. The molecule has 0 N–H and O–H groups in total. The molecule has 0 saturated heterocycles. The zero-order valence-corrected chi connectivity index (χ0v) is 11.9. The average molecular weight is 348 g/mol. The third-order valence-electron chi connectivity index (χ3n) is 2.62. The number of benzene rings is 1. The number of esters is 1. The number of ether oxygens (including phenoxy) is 1. The van der Waals surface area contributed by atoms with Gasteiger partial charge in [-0.25, -0.2) is 4.79 Å². The average Bonchev–Trinajstić information content (AvgIpc) is 2.38. The molecule has 0 bridgehead atoms. The first-order valence-electron chi connectivity index (χ1n) is 5.67. The summed E-state index contributed by atoms with van der Waals surface area (Å²) in [5.41, 5.74) is -0.342. The van der Waals surface area contributed by atoms with Crippen molar-refractivity contribution in [2.45, 2.75) is 13.1 Å². The lowest BCUT2D eigenvalue weighted by molar-refractivity contribution is -0.137. The predicted molar refractivity (Wildman–Crippen MR) is 70.4 cm³/mol. The van der Waals surface area contributed by atoms with E-state index in [2.05, 4.69) is 20.9 Å². The van der Waals surface area contributed by atoms with Gasteiger partial charge in [0.15, 0.2) is 0 Å². The van der Waals surface area contributed by atoms with Crippen molar-refractivity contribution in [1.82, 2.24) is 4.98 Å². The Labute approximate surface area is 120 Å². The molecule has 2 rings (SSSR count). The maximum Gasteiger partial charge on any atom is 0.416 e. The van der Waals surface area contributed by atoms with Gasteiger partial charge in [0.05, 0.1) is 23.3 Å². The van der Waals surface area contributed by atoms with Crippen molar-refractivity contribution in [2.75, 3.05) is 6.61 Å². The van der Waals surface area contributed by atoms with Crippen LogP contribution in [0.4, 0.5) is 13.2 Å². The number of nitrogens with zero attached hydrogens (tertiary/aromatic N) is 1. The molecule has 0 unspecified atom stereocenters. The van der Waals surface area contributed by atoms with Crippen LogP contribution in [0.25, 0.3) is 10.9 Å². The van der Waals surface area contributed by atoms with Crippen molar-refractivity contribution in [2.24, 2.45) is 0 Å². The lowest BCUT2D eigenvalue weighted by Crippen LogP contribution is -2.08. The molecule has 20 heavy (non-hydrogen) atoms. The summed E-state index contributed by atoms with van der Waals surface area (Å²) in [7, 11) is 0. The molecule has 1 aromatic heterocycles. The Morgan fingerprint density at radius 3 is 2.70 bits per heavy atom. The molecule has 2 aromatic rings. The third kappa shape index (κ3) is 2.77. The number of alkyl halides is 3. The van der Waals surface area contributed by atoms with Gasteiger partial charge in [0, 0.05) is 16.1 Å². The van der Waals surface area contributed by atoms with Crippen LogP contribution in [0, 0.1) is 0 Å². The molecule has 0 amide bonds. The van der Waals surface area contributed by atoms with Crippen molar-refractivity contribution >= 4 is 32.8 Å². The second-order valence-electron chi connectivity index (χ2n) is 3.94. The second-order valence-corrected chi connectivity index (χ2v) is 4.73. The van der Waals surface area contributed by atoms with Gasteiger partial charge in [-0.15, -0.1) is 0 Å². The van der Waals surface area contributed by atoms with Crippen molar-refractivity contribution in [1.29, 1.82) is 0 Å². The zero-order valence-electron chi connectivity index (χ0n) is 10.3.